The van der Waals surface area contributed by atoms with E-state index in [1.54, 1.807) is 11.8 Å². The summed E-state index contributed by atoms with van der Waals surface area (Å²) in [5.41, 5.74) is 0.774. The van der Waals surface area contributed by atoms with Crippen LogP contribution in [0.25, 0.3) is 0 Å². The van der Waals surface area contributed by atoms with Crippen molar-refractivity contribution in [1.82, 2.24) is 10.2 Å². The van der Waals surface area contributed by atoms with Gasteiger partial charge in [-0.25, -0.2) is 0 Å². The van der Waals surface area contributed by atoms with Crippen LogP contribution in [0, 0.1) is 3.57 Å². The van der Waals surface area contributed by atoms with Crippen LogP contribution < -0.4 is 10.2 Å². The highest BCUT2D eigenvalue weighted by Crippen LogP contribution is 2.35. The number of amides is 2. The third kappa shape index (κ3) is 4.67. The molecular formula is C15H15IN4O2S2. The van der Waals surface area contributed by atoms with Gasteiger partial charge in [0, 0.05) is 22.2 Å². The summed E-state index contributed by atoms with van der Waals surface area (Å²) in [5, 5.41) is 11.6. The number of halogens is 1. The number of thioether (sulfide) groups is 1. The van der Waals surface area contributed by atoms with Crippen LogP contribution in [0.4, 0.5) is 10.8 Å². The molecule has 126 valence electrons. The molecule has 1 saturated carbocycles. The Balaban J connectivity index is 1.54. The molecule has 1 aliphatic rings. The molecule has 3 rings (SSSR count). The molecule has 0 atom stereocenters. The largest absolute Gasteiger partial charge is 0.325 e. The van der Waals surface area contributed by atoms with Gasteiger partial charge >= 0.3 is 0 Å². The highest BCUT2D eigenvalue weighted by Gasteiger charge is 2.34. The Hall–Kier alpha value is -1.20. The van der Waals surface area contributed by atoms with Gasteiger partial charge in [-0.15, -0.1) is 10.2 Å². The van der Waals surface area contributed by atoms with Crippen LogP contribution >= 0.6 is 45.7 Å². The van der Waals surface area contributed by atoms with Crippen molar-refractivity contribution in [1.29, 1.82) is 0 Å². The molecule has 0 saturated heterocycles. The fraction of sp³-hybridized carbons (Fsp3) is 0.333. The van der Waals surface area contributed by atoms with Gasteiger partial charge in [-0.1, -0.05) is 23.1 Å². The molecule has 1 aromatic heterocycles. The predicted octanol–water partition coefficient (Wildman–Crippen LogP) is 3.39. The van der Waals surface area contributed by atoms with E-state index in [1.807, 2.05) is 24.3 Å². The second kappa shape index (κ2) is 7.79. The van der Waals surface area contributed by atoms with Gasteiger partial charge in [0.2, 0.25) is 16.9 Å². The molecule has 6 nitrogen and oxygen atoms in total. The first kappa shape index (κ1) is 17.6. The van der Waals surface area contributed by atoms with Gasteiger partial charge in [-0.05, 0) is 59.7 Å². The monoisotopic (exact) mass is 474 g/mol. The maximum atomic E-state index is 12.0. The van der Waals surface area contributed by atoms with Crippen molar-refractivity contribution in [3.63, 3.8) is 0 Å². The summed E-state index contributed by atoms with van der Waals surface area (Å²) in [6.45, 7) is 1.54. The first-order valence-electron chi connectivity index (χ1n) is 7.34. The maximum absolute atomic E-state index is 12.0. The van der Waals surface area contributed by atoms with E-state index < -0.39 is 0 Å². The van der Waals surface area contributed by atoms with E-state index in [-0.39, 0.29) is 23.6 Å². The van der Waals surface area contributed by atoms with E-state index in [9.17, 15) is 9.59 Å². The van der Waals surface area contributed by atoms with Crippen molar-refractivity contribution in [3.05, 3.63) is 27.8 Å². The highest BCUT2D eigenvalue weighted by atomic mass is 127. The van der Waals surface area contributed by atoms with E-state index in [0.717, 1.165) is 22.1 Å². The quantitative estimate of drug-likeness (QED) is 0.395. The number of anilines is 2. The summed E-state index contributed by atoms with van der Waals surface area (Å²) in [6.07, 6.45) is 2.03. The van der Waals surface area contributed by atoms with Crippen molar-refractivity contribution in [2.75, 3.05) is 16.0 Å². The molecule has 1 heterocycles. The zero-order valence-electron chi connectivity index (χ0n) is 12.9. The molecule has 2 amide bonds. The number of benzene rings is 1. The summed E-state index contributed by atoms with van der Waals surface area (Å²) in [4.78, 5) is 25.4. The zero-order chi connectivity index (χ0) is 17.1. The Labute approximate surface area is 161 Å². The molecule has 1 aromatic carbocycles. The van der Waals surface area contributed by atoms with Crippen LogP contribution in [0.3, 0.4) is 0 Å². The second-order valence-electron chi connectivity index (χ2n) is 5.31. The van der Waals surface area contributed by atoms with Crippen LogP contribution in [0.1, 0.15) is 19.8 Å². The van der Waals surface area contributed by atoms with E-state index >= 15 is 0 Å². The van der Waals surface area contributed by atoms with Crippen molar-refractivity contribution in [3.8, 4) is 0 Å². The average molecular weight is 474 g/mol. The van der Waals surface area contributed by atoms with Crippen LogP contribution in [0.15, 0.2) is 28.6 Å². The third-order valence-electron chi connectivity index (χ3n) is 3.31. The van der Waals surface area contributed by atoms with E-state index in [4.69, 9.17) is 0 Å². The Kier molecular flexibility index (Phi) is 5.72. The van der Waals surface area contributed by atoms with E-state index in [0.29, 0.717) is 9.47 Å². The molecule has 1 fully saturated rings. The number of nitrogens with one attached hydrogen (secondary N) is 1. The number of carbonyl (C=O) groups is 2. The van der Waals surface area contributed by atoms with E-state index in [1.165, 1.54) is 23.1 Å². The minimum atomic E-state index is -0.0939. The third-order valence-corrected chi connectivity index (χ3v) is 6.08. The molecule has 2 aromatic rings. The van der Waals surface area contributed by atoms with Gasteiger partial charge in [0.15, 0.2) is 4.34 Å². The fourth-order valence-corrected chi connectivity index (χ4v) is 4.21. The Morgan fingerprint density at radius 1 is 1.33 bits per heavy atom. The van der Waals surface area contributed by atoms with Crippen LogP contribution in [0.5, 0.6) is 0 Å². The van der Waals surface area contributed by atoms with Gasteiger partial charge in [-0.2, -0.15) is 0 Å². The van der Waals surface area contributed by atoms with Gasteiger partial charge in [0.05, 0.1) is 5.75 Å². The molecular weight excluding hydrogens is 459 g/mol. The van der Waals surface area contributed by atoms with Crippen LogP contribution in [0.2, 0.25) is 0 Å². The lowest BCUT2D eigenvalue weighted by Crippen LogP contribution is -2.30. The summed E-state index contributed by atoms with van der Waals surface area (Å²) >= 11 is 4.90. The lowest BCUT2D eigenvalue weighted by molar-refractivity contribution is -0.116. The van der Waals surface area contributed by atoms with Crippen molar-refractivity contribution in [2.45, 2.75) is 30.1 Å². The minimum Gasteiger partial charge on any atom is -0.325 e. The first-order valence-corrected chi connectivity index (χ1v) is 10.2. The molecule has 1 N–H and O–H groups in total. The van der Waals surface area contributed by atoms with Crippen molar-refractivity contribution >= 4 is 68.3 Å². The molecule has 0 unspecified atom stereocenters. The predicted molar refractivity (Wildman–Crippen MR) is 105 cm³/mol. The average Bonchev–Trinajstić information content (AvgIpc) is 3.25. The lowest BCUT2D eigenvalue weighted by atomic mass is 10.3. The Morgan fingerprint density at radius 3 is 2.67 bits per heavy atom. The van der Waals surface area contributed by atoms with Gasteiger partial charge in [0.1, 0.15) is 0 Å². The highest BCUT2D eigenvalue weighted by molar-refractivity contribution is 14.1. The number of rotatable bonds is 6. The van der Waals surface area contributed by atoms with Crippen molar-refractivity contribution in [2.24, 2.45) is 0 Å². The topological polar surface area (TPSA) is 75.2 Å². The zero-order valence-corrected chi connectivity index (χ0v) is 16.7. The second-order valence-corrected chi connectivity index (χ2v) is 8.74. The standard InChI is InChI=1S/C15H15IN4O2S2/c1-9(21)20(12-6-7-12)14-18-19-15(24-14)23-8-13(22)17-11-4-2-10(16)3-5-11/h2-5,12H,6-8H2,1H3,(H,17,22). The molecule has 0 radical (unpaired) electrons. The molecule has 1 aliphatic carbocycles. The summed E-state index contributed by atoms with van der Waals surface area (Å²) in [6, 6.07) is 7.88. The molecule has 24 heavy (non-hydrogen) atoms. The minimum absolute atomic E-state index is 0.0124. The van der Waals surface area contributed by atoms with E-state index in [2.05, 4.69) is 38.1 Å². The summed E-state index contributed by atoms with van der Waals surface area (Å²) in [7, 11) is 0. The van der Waals surface area contributed by atoms with Gasteiger partial charge < -0.3 is 5.32 Å². The van der Waals surface area contributed by atoms with Gasteiger partial charge in [-0.3, -0.25) is 14.5 Å². The summed E-state index contributed by atoms with van der Waals surface area (Å²) in [5.74, 6) is 0.148. The Bertz CT molecular complexity index is 746. The number of hydrogen-bond acceptors (Lipinski definition) is 6. The smallest absolute Gasteiger partial charge is 0.234 e. The normalized spacial score (nSPS) is 13.6. The fourth-order valence-electron chi connectivity index (χ4n) is 2.10. The van der Waals surface area contributed by atoms with Gasteiger partial charge in [0.25, 0.3) is 0 Å². The molecule has 0 bridgehead atoms. The number of hydrogen-bond donors (Lipinski definition) is 1. The van der Waals surface area contributed by atoms with Crippen molar-refractivity contribution < 1.29 is 9.59 Å². The maximum Gasteiger partial charge on any atom is 0.234 e. The number of nitrogens with zero attached hydrogens (tertiary/aromatic N) is 3. The SMILES string of the molecule is CC(=O)N(c1nnc(SCC(=O)Nc2ccc(I)cc2)s1)C1CC1. The van der Waals surface area contributed by atoms with Crippen LogP contribution in [-0.4, -0.2) is 33.8 Å². The molecule has 9 heteroatoms. The molecule has 0 spiro atoms. The number of carbonyl (C=O) groups excluding carboxylic acids is 2. The Morgan fingerprint density at radius 2 is 2.04 bits per heavy atom. The van der Waals surface area contributed by atoms with Crippen LogP contribution in [-0.2, 0) is 9.59 Å². The summed E-state index contributed by atoms with van der Waals surface area (Å²) < 4.78 is 1.81. The first-order chi connectivity index (χ1) is 11.5. The molecule has 0 aliphatic heterocycles. The number of aromatic nitrogens is 2. The lowest BCUT2D eigenvalue weighted by Gasteiger charge is -2.15.